The summed E-state index contributed by atoms with van der Waals surface area (Å²) in [6.07, 6.45) is 11.4. The van der Waals surface area contributed by atoms with E-state index in [2.05, 4.69) is 27.4 Å². The molecule has 172 valence electrons. The molecule has 2 aliphatic carbocycles. The van der Waals surface area contributed by atoms with Gasteiger partial charge < -0.3 is 20.5 Å². The van der Waals surface area contributed by atoms with Gasteiger partial charge in [0.15, 0.2) is 0 Å². The van der Waals surface area contributed by atoms with E-state index in [-0.39, 0.29) is 6.10 Å². The first kappa shape index (κ1) is 21.6. The van der Waals surface area contributed by atoms with Crippen molar-refractivity contribution in [3.05, 3.63) is 0 Å². The van der Waals surface area contributed by atoms with Crippen LogP contribution in [0.25, 0.3) is 0 Å². The Labute approximate surface area is 183 Å². The summed E-state index contributed by atoms with van der Waals surface area (Å²) < 4.78 is 6.04. The number of nitrogens with zero attached hydrogens (tertiary/aromatic N) is 2. The molecule has 6 heteroatoms. The summed E-state index contributed by atoms with van der Waals surface area (Å²) in [6.45, 7) is 8.44. The molecule has 3 heterocycles. The van der Waals surface area contributed by atoms with Crippen LogP contribution >= 0.6 is 0 Å². The average Bonchev–Trinajstić information content (AvgIpc) is 3.19. The SMILES string of the molecule is CC1CCC2C(CCC3CCCNC3C2N2CCN(C(O)OC3CCCNC3)C2)C1. The summed E-state index contributed by atoms with van der Waals surface area (Å²) in [6, 6.07) is 1.27. The number of hydrogen-bond donors (Lipinski definition) is 3. The lowest BCUT2D eigenvalue weighted by Gasteiger charge is -2.47. The summed E-state index contributed by atoms with van der Waals surface area (Å²) in [5.41, 5.74) is 0. The van der Waals surface area contributed by atoms with Crippen molar-refractivity contribution >= 4 is 0 Å². The van der Waals surface area contributed by atoms with Crippen LogP contribution in [0, 0.1) is 23.7 Å². The molecule has 3 aliphatic heterocycles. The molecule has 0 bridgehead atoms. The van der Waals surface area contributed by atoms with E-state index in [0.29, 0.717) is 12.1 Å². The van der Waals surface area contributed by atoms with Crippen molar-refractivity contribution in [2.24, 2.45) is 23.7 Å². The molecule has 5 rings (SSSR count). The second-order valence-electron chi connectivity index (χ2n) is 11.0. The molecular formula is C24H44N4O2. The van der Waals surface area contributed by atoms with Crippen LogP contribution in [-0.2, 0) is 4.74 Å². The Morgan fingerprint density at radius 2 is 1.83 bits per heavy atom. The van der Waals surface area contributed by atoms with Crippen molar-refractivity contribution in [2.45, 2.75) is 89.3 Å². The van der Waals surface area contributed by atoms with E-state index >= 15 is 0 Å². The molecule has 0 amide bonds. The van der Waals surface area contributed by atoms with E-state index in [9.17, 15) is 5.11 Å². The summed E-state index contributed by atoms with van der Waals surface area (Å²) in [5.74, 6) is 3.46. The molecule has 5 fully saturated rings. The Morgan fingerprint density at radius 1 is 0.967 bits per heavy atom. The maximum absolute atomic E-state index is 10.8. The van der Waals surface area contributed by atoms with Crippen LogP contribution in [0.1, 0.15) is 64.7 Å². The number of hydrogen-bond acceptors (Lipinski definition) is 6. The number of fused-ring (bicyclic) bond motifs is 2. The molecule has 0 aromatic heterocycles. The Balaban J connectivity index is 1.28. The van der Waals surface area contributed by atoms with Gasteiger partial charge in [-0.15, -0.1) is 0 Å². The second-order valence-corrected chi connectivity index (χ2v) is 11.0. The minimum Gasteiger partial charge on any atom is -0.356 e. The highest BCUT2D eigenvalue weighted by Crippen LogP contribution is 2.46. The first-order valence-corrected chi connectivity index (χ1v) is 12.9. The molecule has 30 heavy (non-hydrogen) atoms. The predicted molar refractivity (Wildman–Crippen MR) is 119 cm³/mol. The van der Waals surface area contributed by atoms with Crippen LogP contribution in [0.2, 0.25) is 0 Å². The van der Waals surface area contributed by atoms with Gasteiger partial charge >= 0.3 is 0 Å². The largest absolute Gasteiger partial charge is 0.356 e. The van der Waals surface area contributed by atoms with Gasteiger partial charge in [-0.05, 0) is 88.1 Å². The summed E-state index contributed by atoms with van der Waals surface area (Å²) in [5, 5.41) is 18.2. The molecule has 8 atom stereocenters. The van der Waals surface area contributed by atoms with Crippen molar-refractivity contribution in [1.29, 1.82) is 0 Å². The molecule has 3 saturated heterocycles. The summed E-state index contributed by atoms with van der Waals surface area (Å²) in [4.78, 5) is 4.89. The Bertz CT molecular complexity index is 557. The van der Waals surface area contributed by atoms with Crippen molar-refractivity contribution in [3.8, 4) is 0 Å². The van der Waals surface area contributed by atoms with Gasteiger partial charge in [0.2, 0.25) is 6.41 Å². The molecule has 0 aromatic carbocycles. The van der Waals surface area contributed by atoms with E-state index in [1.807, 2.05) is 0 Å². The third-order valence-corrected chi connectivity index (χ3v) is 9.00. The molecule has 0 spiro atoms. The highest BCUT2D eigenvalue weighted by atomic mass is 16.6. The minimum absolute atomic E-state index is 0.147. The molecule has 3 N–H and O–H groups in total. The predicted octanol–water partition coefficient (Wildman–Crippen LogP) is 2.19. The lowest BCUT2D eigenvalue weighted by atomic mass is 9.69. The van der Waals surface area contributed by atoms with E-state index < -0.39 is 6.41 Å². The topological polar surface area (TPSA) is 60.0 Å². The van der Waals surface area contributed by atoms with Crippen molar-refractivity contribution < 1.29 is 9.84 Å². The number of aliphatic hydroxyl groups is 1. The fraction of sp³-hybridized carbons (Fsp3) is 1.00. The second kappa shape index (κ2) is 9.72. The number of piperidine rings is 2. The molecule has 6 nitrogen and oxygen atoms in total. The van der Waals surface area contributed by atoms with E-state index in [0.717, 1.165) is 69.4 Å². The lowest BCUT2D eigenvalue weighted by molar-refractivity contribution is -0.218. The highest BCUT2D eigenvalue weighted by molar-refractivity contribution is 5.02. The standard InChI is InChI=1S/C24H44N4O2/c1-17-6-9-21-19(14-17)8-7-18-4-2-11-26-22(18)23(21)27-12-13-28(16-27)24(29)30-20-5-3-10-25-15-20/h17-26,29H,2-16H2,1H3. The number of aliphatic hydroxyl groups excluding tert-OH is 1. The maximum atomic E-state index is 10.8. The van der Waals surface area contributed by atoms with Crippen LogP contribution in [0.5, 0.6) is 0 Å². The van der Waals surface area contributed by atoms with Gasteiger partial charge in [0.05, 0.1) is 12.8 Å². The molecule has 5 aliphatic rings. The number of ether oxygens (including phenoxy) is 1. The smallest absolute Gasteiger partial charge is 0.217 e. The number of rotatable bonds is 4. The zero-order valence-corrected chi connectivity index (χ0v) is 19.0. The van der Waals surface area contributed by atoms with Gasteiger partial charge in [-0.3, -0.25) is 4.90 Å². The van der Waals surface area contributed by atoms with Crippen LogP contribution in [-0.4, -0.2) is 78.9 Å². The zero-order chi connectivity index (χ0) is 20.5. The van der Waals surface area contributed by atoms with Crippen LogP contribution in [0.4, 0.5) is 0 Å². The minimum atomic E-state index is -0.761. The third-order valence-electron chi connectivity index (χ3n) is 9.00. The molecule has 2 saturated carbocycles. The quantitative estimate of drug-likeness (QED) is 0.606. The zero-order valence-electron chi connectivity index (χ0n) is 19.0. The monoisotopic (exact) mass is 420 g/mol. The highest BCUT2D eigenvalue weighted by Gasteiger charge is 2.48. The van der Waals surface area contributed by atoms with Crippen molar-refractivity contribution in [2.75, 3.05) is 39.4 Å². The van der Waals surface area contributed by atoms with Gasteiger partial charge in [-0.2, -0.15) is 0 Å². The van der Waals surface area contributed by atoms with E-state index in [1.54, 1.807) is 0 Å². The van der Waals surface area contributed by atoms with Gasteiger partial charge in [0.1, 0.15) is 0 Å². The fourth-order valence-electron chi connectivity index (χ4n) is 7.45. The first-order chi connectivity index (χ1) is 14.7. The Hall–Kier alpha value is -0.240. The van der Waals surface area contributed by atoms with Gasteiger partial charge in [-0.25, -0.2) is 4.90 Å². The van der Waals surface area contributed by atoms with Crippen molar-refractivity contribution in [3.63, 3.8) is 0 Å². The van der Waals surface area contributed by atoms with Crippen LogP contribution in [0.3, 0.4) is 0 Å². The van der Waals surface area contributed by atoms with Crippen LogP contribution < -0.4 is 10.6 Å². The van der Waals surface area contributed by atoms with E-state index in [4.69, 9.17) is 4.74 Å². The van der Waals surface area contributed by atoms with E-state index in [1.165, 1.54) is 51.5 Å². The first-order valence-electron chi connectivity index (χ1n) is 12.9. The van der Waals surface area contributed by atoms with Crippen LogP contribution in [0.15, 0.2) is 0 Å². The van der Waals surface area contributed by atoms with Gasteiger partial charge in [-0.1, -0.05) is 13.3 Å². The van der Waals surface area contributed by atoms with Crippen molar-refractivity contribution in [1.82, 2.24) is 20.4 Å². The van der Waals surface area contributed by atoms with Gasteiger partial charge in [0, 0.05) is 31.7 Å². The molecular weight excluding hydrogens is 376 g/mol. The average molecular weight is 421 g/mol. The maximum Gasteiger partial charge on any atom is 0.217 e. The number of nitrogens with one attached hydrogen (secondary N) is 2. The summed E-state index contributed by atoms with van der Waals surface area (Å²) >= 11 is 0. The Morgan fingerprint density at radius 3 is 2.70 bits per heavy atom. The van der Waals surface area contributed by atoms with Gasteiger partial charge in [0.25, 0.3) is 0 Å². The fourth-order valence-corrected chi connectivity index (χ4v) is 7.45. The molecule has 8 unspecified atom stereocenters. The molecule has 0 aromatic rings. The Kier molecular flexibility index (Phi) is 6.99. The lowest BCUT2D eigenvalue weighted by Crippen LogP contribution is -2.59. The summed E-state index contributed by atoms with van der Waals surface area (Å²) in [7, 11) is 0. The normalized spacial score (nSPS) is 44.8. The third kappa shape index (κ3) is 4.60. The molecule has 0 radical (unpaired) electrons.